The predicted molar refractivity (Wildman–Crippen MR) is 84.5 cm³/mol. The van der Waals surface area contributed by atoms with Gasteiger partial charge in [-0.25, -0.2) is 0 Å². The molecule has 0 saturated heterocycles. The van der Waals surface area contributed by atoms with Crippen LogP contribution >= 0.6 is 0 Å². The van der Waals surface area contributed by atoms with Crippen molar-refractivity contribution >= 4 is 0 Å². The minimum absolute atomic E-state index is 0.108. The lowest BCUT2D eigenvalue weighted by Gasteiger charge is -2.16. The van der Waals surface area contributed by atoms with E-state index in [1.807, 2.05) is 68.4 Å². The first-order chi connectivity index (χ1) is 10.2. The summed E-state index contributed by atoms with van der Waals surface area (Å²) in [6.07, 6.45) is -0.521. The molecule has 21 heavy (non-hydrogen) atoms. The molecule has 0 bridgehead atoms. The van der Waals surface area contributed by atoms with E-state index in [9.17, 15) is 5.11 Å². The summed E-state index contributed by atoms with van der Waals surface area (Å²) in [6, 6.07) is 17.9. The molecule has 1 atom stereocenters. The summed E-state index contributed by atoms with van der Waals surface area (Å²) in [4.78, 5) is 0. The van der Waals surface area contributed by atoms with Gasteiger partial charge in [-0.05, 0) is 25.5 Å². The van der Waals surface area contributed by atoms with Crippen molar-refractivity contribution in [2.24, 2.45) is 0 Å². The summed E-state index contributed by atoms with van der Waals surface area (Å²) in [6.45, 7) is 4.39. The first-order valence-corrected chi connectivity index (χ1v) is 7.23. The van der Waals surface area contributed by atoms with Gasteiger partial charge in [-0.15, -0.1) is 0 Å². The lowest BCUT2D eigenvalue weighted by atomic mass is 10.1. The second-order valence-corrected chi connectivity index (χ2v) is 5.21. The molecule has 3 nitrogen and oxygen atoms in total. The molecule has 0 spiro atoms. The molecule has 2 aromatic carbocycles. The molecule has 0 fully saturated rings. The zero-order valence-corrected chi connectivity index (χ0v) is 12.5. The Kier molecular flexibility index (Phi) is 5.78. The minimum atomic E-state index is -0.628. The van der Waals surface area contributed by atoms with Crippen LogP contribution in [0.2, 0.25) is 0 Å². The molecular weight excluding hydrogens is 264 g/mol. The van der Waals surface area contributed by atoms with E-state index in [2.05, 4.69) is 0 Å². The summed E-state index contributed by atoms with van der Waals surface area (Å²) in [7, 11) is 0. The summed E-state index contributed by atoms with van der Waals surface area (Å²) in [5, 5.41) is 9.87. The topological polar surface area (TPSA) is 38.7 Å². The number of ether oxygens (including phenoxy) is 2. The van der Waals surface area contributed by atoms with Crippen LogP contribution in [0.15, 0.2) is 54.6 Å². The molecule has 1 unspecified atom stereocenters. The standard InChI is InChI=1S/C18H22O3/c1-14(2)20-12-16(19)13-21-18-11-7-6-10-17(18)15-8-4-3-5-9-15/h3-11,14,16,19H,12-13H2,1-2H3. The van der Waals surface area contributed by atoms with E-state index in [4.69, 9.17) is 9.47 Å². The van der Waals surface area contributed by atoms with Crippen LogP contribution in [0.5, 0.6) is 5.75 Å². The largest absolute Gasteiger partial charge is 0.490 e. The fourth-order valence-corrected chi connectivity index (χ4v) is 1.99. The Labute approximate surface area is 126 Å². The first kappa shape index (κ1) is 15.5. The monoisotopic (exact) mass is 286 g/mol. The predicted octanol–water partition coefficient (Wildman–Crippen LogP) is 3.52. The smallest absolute Gasteiger partial charge is 0.127 e. The Morgan fingerprint density at radius 3 is 2.29 bits per heavy atom. The Morgan fingerprint density at radius 2 is 1.57 bits per heavy atom. The van der Waals surface area contributed by atoms with Crippen LogP contribution in [0.25, 0.3) is 11.1 Å². The van der Waals surface area contributed by atoms with Gasteiger partial charge in [-0.1, -0.05) is 48.5 Å². The molecule has 0 amide bonds. The fourth-order valence-electron chi connectivity index (χ4n) is 1.99. The molecule has 0 saturated carbocycles. The summed E-state index contributed by atoms with van der Waals surface area (Å²) in [5.74, 6) is 0.771. The van der Waals surface area contributed by atoms with E-state index in [0.717, 1.165) is 16.9 Å². The van der Waals surface area contributed by atoms with Crippen molar-refractivity contribution in [1.29, 1.82) is 0 Å². The Balaban J connectivity index is 2.01. The molecule has 1 N–H and O–H groups in total. The lowest BCUT2D eigenvalue weighted by molar-refractivity contribution is -0.0122. The molecule has 0 aliphatic carbocycles. The van der Waals surface area contributed by atoms with Crippen LogP contribution < -0.4 is 4.74 Å². The number of benzene rings is 2. The quantitative estimate of drug-likeness (QED) is 0.846. The number of aliphatic hydroxyl groups is 1. The van der Waals surface area contributed by atoms with Gasteiger partial charge in [0.05, 0.1) is 12.7 Å². The van der Waals surface area contributed by atoms with Crippen molar-refractivity contribution in [3.05, 3.63) is 54.6 Å². The molecule has 0 heterocycles. The first-order valence-electron chi connectivity index (χ1n) is 7.23. The highest BCUT2D eigenvalue weighted by molar-refractivity contribution is 5.70. The van der Waals surface area contributed by atoms with Crippen LogP contribution in [0, 0.1) is 0 Å². The van der Waals surface area contributed by atoms with Crippen molar-refractivity contribution in [2.45, 2.75) is 26.1 Å². The Hall–Kier alpha value is -1.84. The van der Waals surface area contributed by atoms with Crippen LogP contribution in [0.3, 0.4) is 0 Å². The van der Waals surface area contributed by atoms with Crippen molar-refractivity contribution in [2.75, 3.05) is 13.2 Å². The highest BCUT2D eigenvalue weighted by atomic mass is 16.5. The van der Waals surface area contributed by atoms with Gasteiger partial charge in [0.1, 0.15) is 18.5 Å². The zero-order chi connectivity index (χ0) is 15.1. The van der Waals surface area contributed by atoms with Crippen molar-refractivity contribution < 1.29 is 14.6 Å². The van der Waals surface area contributed by atoms with Gasteiger partial charge in [0, 0.05) is 5.56 Å². The number of hydrogen-bond donors (Lipinski definition) is 1. The van der Waals surface area contributed by atoms with Gasteiger partial charge >= 0.3 is 0 Å². The maximum Gasteiger partial charge on any atom is 0.127 e. The normalized spacial score (nSPS) is 12.4. The van der Waals surface area contributed by atoms with E-state index < -0.39 is 6.10 Å². The summed E-state index contributed by atoms with van der Waals surface area (Å²) in [5.41, 5.74) is 2.12. The van der Waals surface area contributed by atoms with E-state index in [-0.39, 0.29) is 19.3 Å². The average Bonchev–Trinajstić information content (AvgIpc) is 2.52. The van der Waals surface area contributed by atoms with Gasteiger partial charge in [0.2, 0.25) is 0 Å². The number of aliphatic hydroxyl groups excluding tert-OH is 1. The third-order valence-electron chi connectivity index (χ3n) is 3.03. The molecule has 0 aliphatic heterocycles. The van der Waals surface area contributed by atoms with Crippen molar-refractivity contribution in [3.8, 4) is 16.9 Å². The maximum atomic E-state index is 9.87. The Morgan fingerprint density at radius 1 is 0.905 bits per heavy atom. The number of rotatable bonds is 7. The average molecular weight is 286 g/mol. The van der Waals surface area contributed by atoms with Gasteiger partial charge in [0.15, 0.2) is 0 Å². The second kappa shape index (κ2) is 7.81. The van der Waals surface area contributed by atoms with Gasteiger partial charge in [-0.3, -0.25) is 0 Å². The molecule has 3 heteroatoms. The van der Waals surface area contributed by atoms with E-state index >= 15 is 0 Å². The molecule has 112 valence electrons. The maximum absolute atomic E-state index is 9.87. The van der Waals surface area contributed by atoms with E-state index in [0.29, 0.717) is 0 Å². The fraction of sp³-hybridized carbons (Fsp3) is 0.333. The summed E-state index contributed by atoms with van der Waals surface area (Å²) < 4.78 is 11.1. The van der Waals surface area contributed by atoms with E-state index in [1.165, 1.54) is 0 Å². The lowest BCUT2D eigenvalue weighted by Crippen LogP contribution is -2.25. The van der Waals surface area contributed by atoms with Crippen molar-refractivity contribution in [3.63, 3.8) is 0 Å². The minimum Gasteiger partial charge on any atom is -0.490 e. The molecule has 0 aromatic heterocycles. The molecule has 0 aliphatic rings. The number of hydrogen-bond acceptors (Lipinski definition) is 3. The second-order valence-electron chi connectivity index (χ2n) is 5.21. The van der Waals surface area contributed by atoms with Crippen LogP contribution in [0.4, 0.5) is 0 Å². The Bertz CT molecular complexity index is 537. The molecular formula is C18H22O3. The van der Waals surface area contributed by atoms with Gasteiger partial charge < -0.3 is 14.6 Å². The highest BCUT2D eigenvalue weighted by Crippen LogP contribution is 2.29. The van der Waals surface area contributed by atoms with Gasteiger partial charge in [-0.2, -0.15) is 0 Å². The van der Waals surface area contributed by atoms with E-state index in [1.54, 1.807) is 0 Å². The van der Waals surface area contributed by atoms with Crippen LogP contribution in [-0.2, 0) is 4.74 Å². The van der Waals surface area contributed by atoms with Crippen LogP contribution in [0.1, 0.15) is 13.8 Å². The van der Waals surface area contributed by atoms with Crippen LogP contribution in [-0.4, -0.2) is 30.5 Å². The highest BCUT2D eigenvalue weighted by Gasteiger charge is 2.10. The number of para-hydroxylation sites is 1. The molecule has 0 radical (unpaired) electrons. The SMILES string of the molecule is CC(C)OCC(O)COc1ccccc1-c1ccccc1. The zero-order valence-electron chi connectivity index (χ0n) is 12.5. The molecule has 2 aromatic rings. The molecule has 2 rings (SSSR count). The van der Waals surface area contributed by atoms with Gasteiger partial charge in [0.25, 0.3) is 0 Å². The third kappa shape index (κ3) is 4.88. The summed E-state index contributed by atoms with van der Waals surface area (Å²) >= 11 is 0. The van der Waals surface area contributed by atoms with Crippen molar-refractivity contribution in [1.82, 2.24) is 0 Å². The third-order valence-corrected chi connectivity index (χ3v) is 3.03.